The Morgan fingerprint density at radius 3 is 2.78 bits per heavy atom. The molecule has 1 aromatic heterocycles. The molecule has 0 fully saturated rings. The molecule has 0 unspecified atom stereocenters. The van der Waals surface area contributed by atoms with Crippen molar-refractivity contribution in [1.29, 1.82) is 0 Å². The summed E-state index contributed by atoms with van der Waals surface area (Å²) in [7, 11) is -4.09. The minimum absolute atomic E-state index is 0.0263. The van der Waals surface area contributed by atoms with Crippen LogP contribution < -0.4 is 15.8 Å². The zero-order chi connectivity index (χ0) is 19.9. The predicted octanol–water partition coefficient (Wildman–Crippen LogP) is 2.35. The van der Waals surface area contributed by atoms with Crippen LogP contribution in [0.3, 0.4) is 0 Å². The Bertz CT molecular complexity index is 869. The SMILES string of the molecule is CCNCCCOC(=O)c1cc(S(N)(=O)=O)c(Cl)cc1NCc1ccco1. The number of hydrogen-bond acceptors (Lipinski definition) is 7. The number of rotatable bonds is 10. The second kappa shape index (κ2) is 9.75. The van der Waals surface area contributed by atoms with E-state index in [2.05, 4.69) is 10.6 Å². The van der Waals surface area contributed by atoms with Crippen molar-refractivity contribution in [2.45, 2.75) is 24.8 Å². The summed E-state index contributed by atoms with van der Waals surface area (Å²) in [6, 6.07) is 5.94. The fourth-order valence-electron chi connectivity index (χ4n) is 2.30. The molecule has 0 spiro atoms. The molecule has 0 aliphatic rings. The molecule has 8 nitrogen and oxygen atoms in total. The lowest BCUT2D eigenvalue weighted by molar-refractivity contribution is 0.0501. The average Bonchev–Trinajstić information content (AvgIpc) is 3.12. The molecule has 0 aliphatic heterocycles. The Kier molecular flexibility index (Phi) is 7.66. The number of benzene rings is 1. The maximum absolute atomic E-state index is 12.5. The normalized spacial score (nSPS) is 11.4. The Morgan fingerprint density at radius 1 is 1.37 bits per heavy atom. The summed E-state index contributed by atoms with van der Waals surface area (Å²) in [4.78, 5) is 12.1. The largest absolute Gasteiger partial charge is 0.467 e. The lowest BCUT2D eigenvalue weighted by Gasteiger charge is -2.14. The first-order chi connectivity index (χ1) is 12.8. The quantitative estimate of drug-likeness (QED) is 0.402. The minimum Gasteiger partial charge on any atom is -0.467 e. The summed E-state index contributed by atoms with van der Waals surface area (Å²) < 4.78 is 33.9. The minimum atomic E-state index is -4.09. The number of nitrogens with two attached hydrogens (primary N) is 1. The highest BCUT2D eigenvalue weighted by Crippen LogP contribution is 2.29. The molecule has 0 aliphatic carbocycles. The van der Waals surface area contributed by atoms with Crippen molar-refractivity contribution in [3.05, 3.63) is 46.9 Å². The number of esters is 1. The Hall–Kier alpha value is -2.07. The Labute approximate surface area is 163 Å². The van der Waals surface area contributed by atoms with E-state index in [1.165, 1.54) is 12.3 Å². The van der Waals surface area contributed by atoms with Crippen molar-refractivity contribution in [2.75, 3.05) is 25.0 Å². The third-order valence-electron chi connectivity index (χ3n) is 3.61. The molecule has 27 heavy (non-hydrogen) atoms. The van der Waals surface area contributed by atoms with E-state index >= 15 is 0 Å². The monoisotopic (exact) mass is 415 g/mol. The van der Waals surface area contributed by atoms with Crippen LogP contribution in [0.15, 0.2) is 39.8 Å². The number of furan rings is 1. The van der Waals surface area contributed by atoms with Crippen LogP contribution in [-0.2, 0) is 21.3 Å². The summed E-state index contributed by atoms with van der Waals surface area (Å²) >= 11 is 6.03. The second-order valence-corrected chi connectivity index (χ2v) is 7.59. The zero-order valence-electron chi connectivity index (χ0n) is 14.8. The summed E-state index contributed by atoms with van der Waals surface area (Å²) in [5.74, 6) is -0.0402. The third-order valence-corrected chi connectivity index (χ3v) is 4.99. The van der Waals surface area contributed by atoms with Gasteiger partial charge in [0.2, 0.25) is 10.0 Å². The lowest BCUT2D eigenvalue weighted by atomic mass is 10.1. The molecular formula is C17H22ClN3O5S. The second-order valence-electron chi connectivity index (χ2n) is 5.65. The van der Waals surface area contributed by atoms with Gasteiger partial charge in [-0.15, -0.1) is 0 Å². The van der Waals surface area contributed by atoms with Gasteiger partial charge in [0.1, 0.15) is 10.7 Å². The fraction of sp³-hybridized carbons (Fsp3) is 0.353. The van der Waals surface area contributed by atoms with Gasteiger partial charge in [0, 0.05) is 0 Å². The van der Waals surface area contributed by atoms with Gasteiger partial charge in [0.05, 0.1) is 35.7 Å². The molecule has 0 amide bonds. The number of ether oxygens (including phenoxy) is 1. The standard InChI is InChI=1S/C17H22ClN3O5S/c1-2-20-6-4-8-26-17(22)13-9-16(27(19,23)24)14(18)10-15(13)21-11-12-5-3-7-25-12/h3,5,7,9-10,20-21H,2,4,6,8,11H2,1H3,(H2,19,23,24). The van der Waals surface area contributed by atoms with Gasteiger partial charge in [-0.3, -0.25) is 0 Å². The summed E-state index contributed by atoms with van der Waals surface area (Å²) in [6.45, 7) is 3.97. The van der Waals surface area contributed by atoms with E-state index in [0.29, 0.717) is 24.4 Å². The van der Waals surface area contributed by atoms with Gasteiger partial charge in [-0.1, -0.05) is 18.5 Å². The van der Waals surface area contributed by atoms with E-state index < -0.39 is 16.0 Å². The molecule has 10 heteroatoms. The predicted molar refractivity (Wildman–Crippen MR) is 102 cm³/mol. The molecule has 0 saturated carbocycles. The highest BCUT2D eigenvalue weighted by Gasteiger charge is 2.21. The summed E-state index contributed by atoms with van der Waals surface area (Å²) in [6.07, 6.45) is 2.15. The van der Waals surface area contributed by atoms with Crippen molar-refractivity contribution in [3.8, 4) is 0 Å². The van der Waals surface area contributed by atoms with Crippen molar-refractivity contribution in [1.82, 2.24) is 5.32 Å². The number of primary sulfonamides is 1. The van der Waals surface area contributed by atoms with Crippen molar-refractivity contribution < 1.29 is 22.4 Å². The Morgan fingerprint density at radius 2 is 2.15 bits per heavy atom. The molecular weight excluding hydrogens is 394 g/mol. The van der Waals surface area contributed by atoms with Crippen molar-refractivity contribution in [3.63, 3.8) is 0 Å². The molecule has 1 heterocycles. The lowest BCUT2D eigenvalue weighted by Crippen LogP contribution is -2.18. The number of sulfonamides is 1. The van der Waals surface area contributed by atoms with Gasteiger partial charge in [0.25, 0.3) is 0 Å². The Balaban J connectivity index is 2.22. The molecule has 0 saturated heterocycles. The number of halogens is 1. The molecule has 2 aromatic rings. The number of hydrogen-bond donors (Lipinski definition) is 3. The smallest absolute Gasteiger partial charge is 0.340 e. The third kappa shape index (κ3) is 6.24. The first kappa shape index (κ1) is 21.2. The zero-order valence-corrected chi connectivity index (χ0v) is 16.4. The first-order valence-electron chi connectivity index (χ1n) is 8.33. The van der Waals surface area contributed by atoms with Gasteiger partial charge in [-0.25, -0.2) is 18.4 Å². The molecule has 2 rings (SSSR count). The maximum atomic E-state index is 12.5. The number of nitrogens with one attached hydrogen (secondary N) is 2. The van der Waals surface area contributed by atoms with Crippen molar-refractivity contribution >= 4 is 33.3 Å². The van der Waals surface area contributed by atoms with Gasteiger partial charge in [-0.05, 0) is 43.8 Å². The van der Waals surface area contributed by atoms with Gasteiger partial charge in [0.15, 0.2) is 0 Å². The van der Waals surface area contributed by atoms with Crippen LogP contribution in [0.5, 0.6) is 0 Å². The van der Waals surface area contributed by atoms with E-state index in [4.69, 9.17) is 25.9 Å². The van der Waals surface area contributed by atoms with E-state index in [1.807, 2.05) is 6.92 Å². The van der Waals surface area contributed by atoms with E-state index in [-0.39, 0.29) is 28.6 Å². The maximum Gasteiger partial charge on any atom is 0.340 e. The number of anilines is 1. The van der Waals surface area contributed by atoms with Crippen LogP contribution in [-0.4, -0.2) is 34.1 Å². The summed E-state index contributed by atoms with van der Waals surface area (Å²) in [5.41, 5.74) is 0.346. The first-order valence-corrected chi connectivity index (χ1v) is 10.3. The molecule has 1 aromatic carbocycles. The highest BCUT2D eigenvalue weighted by molar-refractivity contribution is 7.89. The fourth-order valence-corrected chi connectivity index (χ4v) is 3.40. The molecule has 0 atom stereocenters. The van der Waals surface area contributed by atoms with Crippen LogP contribution in [0.2, 0.25) is 5.02 Å². The topological polar surface area (TPSA) is 124 Å². The molecule has 0 radical (unpaired) electrons. The summed E-state index contributed by atoms with van der Waals surface area (Å²) in [5, 5.41) is 11.2. The van der Waals surface area contributed by atoms with E-state index in [1.54, 1.807) is 12.1 Å². The highest BCUT2D eigenvalue weighted by atomic mass is 35.5. The molecule has 4 N–H and O–H groups in total. The molecule has 148 valence electrons. The van der Waals surface area contributed by atoms with Crippen LogP contribution in [0.4, 0.5) is 5.69 Å². The van der Waals surface area contributed by atoms with Crippen LogP contribution in [0, 0.1) is 0 Å². The van der Waals surface area contributed by atoms with Gasteiger partial charge < -0.3 is 19.8 Å². The van der Waals surface area contributed by atoms with Crippen LogP contribution >= 0.6 is 11.6 Å². The van der Waals surface area contributed by atoms with Crippen LogP contribution in [0.25, 0.3) is 0 Å². The van der Waals surface area contributed by atoms with Gasteiger partial charge >= 0.3 is 5.97 Å². The number of carbonyl (C=O) groups excluding carboxylic acids is 1. The van der Waals surface area contributed by atoms with E-state index in [9.17, 15) is 13.2 Å². The number of carbonyl (C=O) groups is 1. The van der Waals surface area contributed by atoms with Crippen LogP contribution in [0.1, 0.15) is 29.5 Å². The van der Waals surface area contributed by atoms with E-state index in [0.717, 1.165) is 12.6 Å². The average molecular weight is 416 g/mol. The van der Waals surface area contributed by atoms with Gasteiger partial charge in [-0.2, -0.15) is 0 Å². The van der Waals surface area contributed by atoms with Crippen molar-refractivity contribution in [2.24, 2.45) is 5.14 Å². The molecule has 0 bridgehead atoms.